The highest BCUT2D eigenvalue weighted by Gasteiger charge is 2.28. The second-order valence-corrected chi connectivity index (χ2v) is 7.16. The molecule has 3 nitrogen and oxygen atoms in total. The van der Waals surface area contributed by atoms with Gasteiger partial charge in [-0.1, -0.05) is 50.6 Å². The van der Waals surface area contributed by atoms with Crippen LogP contribution in [0.5, 0.6) is 0 Å². The summed E-state index contributed by atoms with van der Waals surface area (Å²) in [7, 11) is 0. The first-order chi connectivity index (χ1) is 9.86. The number of aryl methyl sites for hydroxylation is 1. The van der Waals surface area contributed by atoms with Crippen molar-refractivity contribution in [2.24, 2.45) is 5.41 Å². The monoisotopic (exact) mass is 288 g/mol. The van der Waals surface area contributed by atoms with E-state index in [4.69, 9.17) is 0 Å². The van der Waals surface area contributed by atoms with Crippen LogP contribution in [0.25, 0.3) is 0 Å². The van der Waals surface area contributed by atoms with Crippen LogP contribution in [0, 0.1) is 12.3 Å². The lowest BCUT2D eigenvalue weighted by Gasteiger charge is -2.28. The molecule has 1 aromatic rings. The zero-order valence-electron chi connectivity index (χ0n) is 13.9. The van der Waals surface area contributed by atoms with E-state index in [1.54, 1.807) is 0 Å². The van der Waals surface area contributed by atoms with Crippen LogP contribution >= 0.6 is 0 Å². The molecular weight excluding hydrogens is 260 g/mol. The largest absolute Gasteiger partial charge is 0.341 e. The fourth-order valence-corrected chi connectivity index (χ4v) is 2.76. The molecule has 1 heterocycles. The predicted molar refractivity (Wildman–Crippen MR) is 87.1 cm³/mol. The van der Waals surface area contributed by atoms with Gasteiger partial charge < -0.3 is 4.90 Å². The Morgan fingerprint density at radius 1 is 1.05 bits per heavy atom. The van der Waals surface area contributed by atoms with Gasteiger partial charge in [-0.05, 0) is 18.9 Å². The lowest BCUT2D eigenvalue weighted by Crippen LogP contribution is -2.41. The second-order valence-electron chi connectivity index (χ2n) is 7.16. The molecule has 1 aromatic carbocycles. The summed E-state index contributed by atoms with van der Waals surface area (Å²) in [6.45, 7) is 12.9. The number of amides is 1. The fraction of sp³-hybridized carbons (Fsp3) is 0.611. The number of nitrogens with zero attached hydrogens (tertiary/aromatic N) is 2. The van der Waals surface area contributed by atoms with Crippen molar-refractivity contribution in [3.05, 3.63) is 35.4 Å². The molecule has 21 heavy (non-hydrogen) atoms. The summed E-state index contributed by atoms with van der Waals surface area (Å²) in [5, 5.41) is 0. The Morgan fingerprint density at radius 2 is 1.71 bits per heavy atom. The van der Waals surface area contributed by atoms with Gasteiger partial charge in [0, 0.05) is 38.1 Å². The maximum atomic E-state index is 12.4. The number of benzene rings is 1. The van der Waals surface area contributed by atoms with E-state index in [0.29, 0.717) is 0 Å². The molecule has 2 rings (SSSR count). The smallest absolute Gasteiger partial charge is 0.227 e. The van der Waals surface area contributed by atoms with Crippen molar-refractivity contribution in [2.75, 3.05) is 26.2 Å². The predicted octanol–water partition coefficient (Wildman–Crippen LogP) is 3.08. The average molecular weight is 288 g/mol. The summed E-state index contributed by atoms with van der Waals surface area (Å²) in [6, 6.07) is 8.75. The lowest BCUT2D eigenvalue weighted by atomic mass is 9.94. The van der Waals surface area contributed by atoms with Crippen LogP contribution in [0.3, 0.4) is 0 Å². The molecule has 1 amide bonds. The van der Waals surface area contributed by atoms with Gasteiger partial charge >= 0.3 is 0 Å². The molecule has 0 unspecified atom stereocenters. The summed E-state index contributed by atoms with van der Waals surface area (Å²) in [5.74, 6) is 0.277. The van der Waals surface area contributed by atoms with E-state index in [2.05, 4.69) is 36.1 Å². The molecule has 0 aromatic heterocycles. The van der Waals surface area contributed by atoms with Crippen LogP contribution in [-0.4, -0.2) is 41.9 Å². The Kier molecular flexibility index (Phi) is 5.04. The van der Waals surface area contributed by atoms with Crippen molar-refractivity contribution in [1.29, 1.82) is 0 Å². The molecule has 0 spiro atoms. The molecule has 0 saturated carbocycles. The first-order valence-corrected chi connectivity index (χ1v) is 7.93. The van der Waals surface area contributed by atoms with Gasteiger partial charge in [-0.25, -0.2) is 0 Å². The molecule has 1 aliphatic rings. The summed E-state index contributed by atoms with van der Waals surface area (Å²) >= 11 is 0. The van der Waals surface area contributed by atoms with Gasteiger partial charge in [-0.3, -0.25) is 9.69 Å². The van der Waals surface area contributed by atoms with Crippen molar-refractivity contribution in [3.8, 4) is 0 Å². The third-order valence-corrected chi connectivity index (χ3v) is 4.04. The Balaban J connectivity index is 1.92. The highest BCUT2D eigenvalue weighted by molar-refractivity contribution is 5.81. The van der Waals surface area contributed by atoms with Gasteiger partial charge in [0.05, 0.1) is 0 Å². The van der Waals surface area contributed by atoms with Gasteiger partial charge in [0.1, 0.15) is 0 Å². The number of carbonyl (C=O) groups excluding carboxylic acids is 1. The number of rotatable bonds is 2. The van der Waals surface area contributed by atoms with E-state index < -0.39 is 0 Å². The highest BCUT2D eigenvalue weighted by atomic mass is 16.2. The standard InChI is InChI=1S/C18H28N2O/c1-15-6-8-16(9-7-15)14-19-10-5-11-20(13-12-19)17(21)18(2,3)4/h6-9H,5,10-14H2,1-4H3. The fourth-order valence-electron chi connectivity index (χ4n) is 2.76. The maximum Gasteiger partial charge on any atom is 0.227 e. The van der Waals surface area contributed by atoms with Gasteiger partial charge in [0.15, 0.2) is 0 Å². The van der Waals surface area contributed by atoms with E-state index in [-0.39, 0.29) is 11.3 Å². The molecule has 0 aliphatic carbocycles. The molecule has 1 aliphatic heterocycles. The quantitative estimate of drug-likeness (QED) is 0.835. The van der Waals surface area contributed by atoms with Crippen LogP contribution in [0.4, 0.5) is 0 Å². The zero-order chi connectivity index (χ0) is 15.5. The minimum absolute atomic E-state index is 0.272. The molecule has 0 radical (unpaired) electrons. The average Bonchev–Trinajstić information content (AvgIpc) is 2.65. The van der Waals surface area contributed by atoms with Crippen LogP contribution in [0.2, 0.25) is 0 Å². The molecule has 3 heteroatoms. The first kappa shape index (κ1) is 16.0. The number of carbonyl (C=O) groups is 1. The van der Waals surface area contributed by atoms with E-state index in [1.165, 1.54) is 11.1 Å². The molecule has 1 saturated heterocycles. The lowest BCUT2D eigenvalue weighted by molar-refractivity contribution is -0.139. The van der Waals surface area contributed by atoms with Crippen LogP contribution in [0.1, 0.15) is 38.3 Å². The van der Waals surface area contributed by atoms with Crippen molar-refractivity contribution in [2.45, 2.75) is 40.7 Å². The van der Waals surface area contributed by atoms with E-state index >= 15 is 0 Å². The van der Waals surface area contributed by atoms with Gasteiger partial charge in [0.25, 0.3) is 0 Å². The van der Waals surface area contributed by atoms with E-state index in [0.717, 1.165) is 39.1 Å². The number of hydrogen-bond donors (Lipinski definition) is 0. The summed E-state index contributed by atoms with van der Waals surface area (Å²) in [6.07, 6.45) is 1.06. The first-order valence-electron chi connectivity index (χ1n) is 7.93. The minimum atomic E-state index is -0.272. The van der Waals surface area contributed by atoms with Crippen LogP contribution in [0.15, 0.2) is 24.3 Å². The SMILES string of the molecule is Cc1ccc(CN2CCCN(C(=O)C(C)(C)C)CC2)cc1. The van der Waals surface area contributed by atoms with Crippen molar-refractivity contribution >= 4 is 5.91 Å². The zero-order valence-corrected chi connectivity index (χ0v) is 13.9. The molecule has 0 atom stereocenters. The molecule has 0 bridgehead atoms. The molecular formula is C18H28N2O. The number of hydrogen-bond acceptors (Lipinski definition) is 2. The Hall–Kier alpha value is -1.35. The molecule has 0 N–H and O–H groups in total. The van der Waals surface area contributed by atoms with E-state index in [1.807, 2.05) is 25.7 Å². The second kappa shape index (κ2) is 6.61. The normalized spacial score (nSPS) is 17.6. The van der Waals surface area contributed by atoms with Crippen molar-refractivity contribution in [1.82, 2.24) is 9.80 Å². The highest BCUT2D eigenvalue weighted by Crippen LogP contribution is 2.19. The maximum absolute atomic E-state index is 12.4. The van der Waals surface area contributed by atoms with Crippen molar-refractivity contribution < 1.29 is 4.79 Å². The van der Waals surface area contributed by atoms with Gasteiger partial charge in [-0.15, -0.1) is 0 Å². The topological polar surface area (TPSA) is 23.6 Å². The summed E-state index contributed by atoms with van der Waals surface area (Å²) in [5.41, 5.74) is 2.39. The third-order valence-electron chi connectivity index (χ3n) is 4.04. The van der Waals surface area contributed by atoms with Crippen LogP contribution in [-0.2, 0) is 11.3 Å². The van der Waals surface area contributed by atoms with E-state index in [9.17, 15) is 4.79 Å². The Bertz CT molecular complexity index is 473. The Labute approximate surface area is 128 Å². The summed E-state index contributed by atoms with van der Waals surface area (Å²) in [4.78, 5) is 16.9. The molecule has 116 valence electrons. The van der Waals surface area contributed by atoms with Crippen LogP contribution < -0.4 is 0 Å². The molecule has 1 fully saturated rings. The Morgan fingerprint density at radius 3 is 2.33 bits per heavy atom. The van der Waals surface area contributed by atoms with Gasteiger partial charge in [0.2, 0.25) is 5.91 Å². The third kappa shape index (κ3) is 4.57. The summed E-state index contributed by atoms with van der Waals surface area (Å²) < 4.78 is 0. The van der Waals surface area contributed by atoms with Gasteiger partial charge in [-0.2, -0.15) is 0 Å². The van der Waals surface area contributed by atoms with Crippen molar-refractivity contribution in [3.63, 3.8) is 0 Å². The minimum Gasteiger partial charge on any atom is -0.341 e.